The predicted octanol–water partition coefficient (Wildman–Crippen LogP) is 4.07. The quantitative estimate of drug-likeness (QED) is 0.765. The first-order valence-corrected chi connectivity index (χ1v) is 7.78. The Morgan fingerprint density at radius 2 is 1.81 bits per heavy atom. The molecule has 0 unspecified atom stereocenters. The summed E-state index contributed by atoms with van der Waals surface area (Å²) >= 11 is 9.82. The van der Waals surface area contributed by atoms with Crippen molar-refractivity contribution in [2.45, 2.75) is 19.3 Å². The Morgan fingerprint density at radius 3 is 2.52 bits per heavy atom. The number of aryl methyl sites for hydroxylation is 1. The molecule has 0 atom stereocenters. The topological polar surface area (TPSA) is 44.2 Å². The Morgan fingerprint density at radius 1 is 1.10 bits per heavy atom. The third kappa shape index (κ3) is 2.60. The van der Waals surface area contributed by atoms with Crippen LogP contribution in [0.2, 0.25) is 5.15 Å². The highest BCUT2D eigenvalue weighted by Crippen LogP contribution is 2.38. The van der Waals surface area contributed by atoms with Crippen LogP contribution in [0, 0.1) is 0 Å². The number of rotatable bonds is 3. The summed E-state index contributed by atoms with van der Waals surface area (Å²) in [7, 11) is 3.21. The Hall–Kier alpha value is -1.33. The minimum Gasteiger partial charge on any atom is -0.493 e. The normalized spacial score (nSPS) is 13.1. The van der Waals surface area contributed by atoms with Crippen molar-refractivity contribution in [1.82, 2.24) is 9.97 Å². The number of fused-ring (bicyclic) bond motifs is 1. The standard InChI is InChI=1S/C15H14BrClN2O2/c1-20-12-6-9(10(16)7-13(12)21-2)15-18-11-5-3-4-8(11)14(17)19-15/h6-7H,3-5H2,1-2H3. The largest absolute Gasteiger partial charge is 0.493 e. The number of aromatic nitrogens is 2. The average Bonchev–Trinajstić information content (AvgIpc) is 2.95. The van der Waals surface area contributed by atoms with Gasteiger partial charge in [-0.3, -0.25) is 0 Å². The van der Waals surface area contributed by atoms with E-state index < -0.39 is 0 Å². The number of halogens is 2. The fourth-order valence-electron chi connectivity index (χ4n) is 2.53. The summed E-state index contributed by atoms with van der Waals surface area (Å²) in [6.45, 7) is 0. The second-order valence-electron chi connectivity index (χ2n) is 4.80. The van der Waals surface area contributed by atoms with E-state index in [-0.39, 0.29) is 0 Å². The third-order valence-electron chi connectivity index (χ3n) is 3.60. The van der Waals surface area contributed by atoms with Gasteiger partial charge in [0.05, 0.1) is 14.2 Å². The predicted molar refractivity (Wildman–Crippen MR) is 85.3 cm³/mol. The molecule has 0 fully saturated rings. The smallest absolute Gasteiger partial charge is 0.162 e. The number of hydrogen-bond donors (Lipinski definition) is 0. The monoisotopic (exact) mass is 368 g/mol. The van der Waals surface area contributed by atoms with Gasteiger partial charge in [-0.05, 0) is 47.3 Å². The van der Waals surface area contributed by atoms with Crippen LogP contribution in [0.25, 0.3) is 11.4 Å². The van der Waals surface area contributed by atoms with Crippen molar-refractivity contribution in [3.63, 3.8) is 0 Å². The van der Waals surface area contributed by atoms with Gasteiger partial charge < -0.3 is 9.47 Å². The Kier molecular flexibility index (Phi) is 4.04. The first-order chi connectivity index (χ1) is 10.1. The molecule has 3 rings (SSSR count). The molecule has 0 radical (unpaired) electrons. The van der Waals surface area contributed by atoms with Gasteiger partial charge in [-0.1, -0.05) is 11.6 Å². The molecule has 6 heteroatoms. The van der Waals surface area contributed by atoms with Crippen molar-refractivity contribution in [2.24, 2.45) is 0 Å². The molecule has 0 amide bonds. The number of hydrogen-bond acceptors (Lipinski definition) is 4. The summed E-state index contributed by atoms with van der Waals surface area (Å²) < 4.78 is 11.5. The fourth-order valence-corrected chi connectivity index (χ4v) is 3.32. The maximum atomic E-state index is 6.29. The second kappa shape index (κ2) is 5.81. The van der Waals surface area contributed by atoms with Gasteiger partial charge in [0.2, 0.25) is 0 Å². The van der Waals surface area contributed by atoms with Crippen LogP contribution < -0.4 is 9.47 Å². The molecule has 0 aliphatic heterocycles. The molecular weight excluding hydrogens is 356 g/mol. The van der Waals surface area contributed by atoms with E-state index in [2.05, 4.69) is 25.9 Å². The van der Waals surface area contributed by atoms with Crippen LogP contribution in [0.5, 0.6) is 11.5 Å². The zero-order valence-corrected chi connectivity index (χ0v) is 14.1. The van der Waals surface area contributed by atoms with Crippen LogP contribution in [-0.2, 0) is 12.8 Å². The van der Waals surface area contributed by atoms with Gasteiger partial charge in [0.15, 0.2) is 17.3 Å². The Labute approximate surface area is 136 Å². The van der Waals surface area contributed by atoms with Gasteiger partial charge in [-0.25, -0.2) is 9.97 Å². The summed E-state index contributed by atoms with van der Waals surface area (Å²) in [6, 6.07) is 3.70. The maximum absolute atomic E-state index is 6.29. The lowest BCUT2D eigenvalue weighted by molar-refractivity contribution is 0.355. The minimum atomic E-state index is 0.550. The van der Waals surface area contributed by atoms with Gasteiger partial charge in [-0.15, -0.1) is 0 Å². The van der Waals surface area contributed by atoms with Crippen LogP contribution in [0.3, 0.4) is 0 Å². The summed E-state index contributed by atoms with van der Waals surface area (Å²) in [5.74, 6) is 1.89. The van der Waals surface area contributed by atoms with Crippen molar-refractivity contribution in [2.75, 3.05) is 14.2 Å². The van der Waals surface area contributed by atoms with Crippen LogP contribution in [-0.4, -0.2) is 24.2 Å². The average molecular weight is 370 g/mol. The van der Waals surface area contributed by atoms with E-state index in [1.165, 1.54) is 0 Å². The highest BCUT2D eigenvalue weighted by atomic mass is 79.9. The van der Waals surface area contributed by atoms with E-state index in [0.29, 0.717) is 22.5 Å². The molecule has 110 valence electrons. The second-order valence-corrected chi connectivity index (χ2v) is 6.02. The van der Waals surface area contributed by atoms with E-state index >= 15 is 0 Å². The molecule has 4 nitrogen and oxygen atoms in total. The summed E-state index contributed by atoms with van der Waals surface area (Å²) in [5, 5.41) is 0.550. The lowest BCUT2D eigenvalue weighted by Gasteiger charge is -2.12. The fraction of sp³-hybridized carbons (Fsp3) is 0.333. The van der Waals surface area contributed by atoms with Crippen molar-refractivity contribution < 1.29 is 9.47 Å². The SMILES string of the molecule is COc1cc(Br)c(-c2nc(Cl)c3c(n2)CCC3)cc1OC. The molecule has 0 spiro atoms. The molecule has 1 aliphatic rings. The van der Waals surface area contributed by atoms with Crippen molar-refractivity contribution in [3.05, 3.63) is 33.0 Å². The van der Waals surface area contributed by atoms with Gasteiger partial charge in [0, 0.05) is 21.3 Å². The molecule has 0 N–H and O–H groups in total. The molecule has 1 heterocycles. The molecule has 2 aromatic rings. The molecule has 0 saturated heterocycles. The highest BCUT2D eigenvalue weighted by Gasteiger charge is 2.20. The maximum Gasteiger partial charge on any atom is 0.162 e. The Balaban J connectivity index is 2.14. The molecule has 1 aromatic heterocycles. The summed E-state index contributed by atoms with van der Waals surface area (Å²) in [6.07, 6.45) is 3.00. The third-order valence-corrected chi connectivity index (χ3v) is 4.57. The molecule has 21 heavy (non-hydrogen) atoms. The van der Waals surface area contributed by atoms with Gasteiger partial charge in [0.1, 0.15) is 5.15 Å². The summed E-state index contributed by atoms with van der Waals surface area (Å²) in [5.41, 5.74) is 2.97. The zero-order chi connectivity index (χ0) is 15.0. The van der Waals surface area contributed by atoms with E-state index in [9.17, 15) is 0 Å². The lowest BCUT2D eigenvalue weighted by Crippen LogP contribution is -1.99. The van der Waals surface area contributed by atoms with Crippen molar-refractivity contribution in [1.29, 1.82) is 0 Å². The number of nitrogens with zero attached hydrogens (tertiary/aromatic N) is 2. The van der Waals surface area contributed by atoms with Crippen LogP contribution in [0.1, 0.15) is 17.7 Å². The van der Waals surface area contributed by atoms with E-state index in [0.717, 1.165) is 40.6 Å². The van der Waals surface area contributed by atoms with Gasteiger partial charge >= 0.3 is 0 Å². The van der Waals surface area contributed by atoms with Crippen molar-refractivity contribution >= 4 is 27.5 Å². The van der Waals surface area contributed by atoms with Crippen LogP contribution in [0.15, 0.2) is 16.6 Å². The van der Waals surface area contributed by atoms with Gasteiger partial charge in [0.25, 0.3) is 0 Å². The van der Waals surface area contributed by atoms with Crippen molar-refractivity contribution in [3.8, 4) is 22.9 Å². The first kappa shape index (κ1) is 14.6. The Bertz CT molecular complexity index is 707. The van der Waals surface area contributed by atoms with Crippen LogP contribution >= 0.6 is 27.5 Å². The minimum absolute atomic E-state index is 0.550. The first-order valence-electron chi connectivity index (χ1n) is 6.61. The molecule has 1 aliphatic carbocycles. The van der Waals surface area contributed by atoms with E-state index in [1.54, 1.807) is 14.2 Å². The van der Waals surface area contributed by atoms with E-state index in [4.69, 9.17) is 21.1 Å². The summed E-state index contributed by atoms with van der Waals surface area (Å²) in [4.78, 5) is 9.09. The number of benzene rings is 1. The highest BCUT2D eigenvalue weighted by molar-refractivity contribution is 9.10. The van der Waals surface area contributed by atoms with Crippen LogP contribution in [0.4, 0.5) is 0 Å². The number of methoxy groups -OCH3 is 2. The molecular formula is C15H14BrClN2O2. The molecule has 0 saturated carbocycles. The lowest BCUT2D eigenvalue weighted by atomic mass is 10.1. The van der Waals surface area contributed by atoms with Gasteiger partial charge in [-0.2, -0.15) is 0 Å². The number of ether oxygens (including phenoxy) is 2. The molecule has 1 aromatic carbocycles. The zero-order valence-electron chi connectivity index (χ0n) is 11.7. The molecule has 0 bridgehead atoms. The van der Waals surface area contributed by atoms with E-state index in [1.807, 2.05) is 12.1 Å².